The molecular weight excluding hydrogens is 246 g/mol. The van der Waals surface area contributed by atoms with E-state index in [4.69, 9.17) is 10.7 Å². The predicted octanol–water partition coefficient (Wildman–Crippen LogP) is 3.83. The minimum absolute atomic E-state index is 0.575. The molecule has 0 unspecified atom stereocenters. The van der Waals surface area contributed by atoms with Crippen LogP contribution in [-0.2, 0) is 13.0 Å². The molecule has 114 valence electrons. The molecule has 3 N–H and O–H groups in total. The Morgan fingerprint density at radius 1 is 1.15 bits per heavy atom. The lowest BCUT2D eigenvalue weighted by atomic mass is 9.85. The Bertz CT molecular complexity index is 391. The molecule has 1 aromatic heterocycles. The lowest BCUT2D eigenvalue weighted by Crippen LogP contribution is -2.25. The zero-order valence-corrected chi connectivity index (χ0v) is 13.7. The van der Waals surface area contributed by atoms with Gasteiger partial charge in [0, 0.05) is 18.8 Å². The van der Waals surface area contributed by atoms with Gasteiger partial charge in [-0.05, 0) is 41.9 Å². The number of aromatic nitrogens is 1. The van der Waals surface area contributed by atoms with Gasteiger partial charge in [0.1, 0.15) is 5.82 Å². The molecular formula is C17H31N3. The second-order valence-corrected chi connectivity index (χ2v) is 6.34. The van der Waals surface area contributed by atoms with Crippen LogP contribution in [0.3, 0.4) is 0 Å². The van der Waals surface area contributed by atoms with Gasteiger partial charge >= 0.3 is 0 Å². The van der Waals surface area contributed by atoms with Crippen LogP contribution in [0.1, 0.15) is 52.3 Å². The molecule has 3 heteroatoms. The molecule has 0 amide bonds. The SMILES string of the molecule is CCCc1cc(CN)cc(NCC(C(C)C)C(C)C)n1. The monoisotopic (exact) mass is 277 g/mol. The quantitative estimate of drug-likeness (QED) is 0.759. The molecule has 0 aliphatic rings. The first-order chi connectivity index (χ1) is 9.47. The van der Waals surface area contributed by atoms with Crippen LogP contribution < -0.4 is 11.1 Å². The van der Waals surface area contributed by atoms with Crippen LogP contribution >= 0.6 is 0 Å². The van der Waals surface area contributed by atoms with Gasteiger partial charge < -0.3 is 11.1 Å². The third-order valence-corrected chi connectivity index (χ3v) is 3.91. The fourth-order valence-electron chi connectivity index (χ4n) is 2.71. The summed E-state index contributed by atoms with van der Waals surface area (Å²) in [6.07, 6.45) is 2.13. The Morgan fingerprint density at radius 3 is 2.30 bits per heavy atom. The number of pyridine rings is 1. The number of nitrogens with zero attached hydrogens (tertiary/aromatic N) is 1. The van der Waals surface area contributed by atoms with Gasteiger partial charge in [0.15, 0.2) is 0 Å². The van der Waals surface area contributed by atoms with Gasteiger partial charge in [0.05, 0.1) is 0 Å². The second-order valence-electron chi connectivity index (χ2n) is 6.34. The summed E-state index contributed by atoms with van der Waals surface area (Å²) in [5.74, 6) is 2.99. The van der Waals surface area contributed by atoms with E-state index >= 15 is 0 Å². The average molecular weight is 277 g/mol. The maximum atomic E-state index is 5.78. The fraction of sp³-hybridized carbons (Fsp3) is 0.706. The highest BCUT2D eigenvalue weighted by atomic mass is 15.0. The maximum absolute atomic E-state index is 5.78. The predicted molar refractivity (Wildman–Crippen MR) is 87.8 cm³/mol. The first kappa shape index (κ1) is 17.0. The summed E-state index contributed by atoms with van der Waals surface area (Å²) in [5.41, 5.74) is 8.09. The molecule has 0 spiro atoms. The molecule has 0 radical (unpaired) electrons. The zero-order valence-electron chi connectivity index (χ0n) is 13.7. The summed E-state index contributed by atoms with van der Waals surface area (Å²) in [5, 5.41) is 3.51. The summed E-state index contributed by atoms with van der Waals surface area (Å²) in [7, 11) is 0. The Balaban J connectivity index is 2.77. The number of rotatable bonds is 8. The standard InChI is InChI=1S/C17H31N3/c1-6-7-15-8-14(10-18)9-17(20-15)19-11-16(12(2)3)13(4)5/h8-9,12-13,16H,6-7,10-11,18H2,1-5H3,(H,19,20). The molecule has 0 aromatic carbocycles. The van der Waals surface area contributed by atoms with Crippen LogP contribution in [0.2, 0.25) is 0 Å². The van der Waals surface area contributed by atoms with E-state index in [1.807, 2.05) is 0 Å². The lowest BCUT2D eigenvalue weighted by molar-refractivity contribution is 0.304. The van der Waals surface area contributed by atoms with E-state index in [2.05, 4.69) is 52.1 Å². The van der Waals surface area contributed by atoms with Crippen molar-refractivity contribution in [3.05, 3.63) is 23.4 Å². The van der Waals surface area contributed by atoms with Crippen molar-refractivity contribution in [2.75, 3.05) is 11.9 Å². The van der Waals surface area contributed by atoms with Crippen molar-refractivity contribution in [3.63, 3.8) is 0 Å². The fourth-order valence-corrected chi connectivity index (χ4v) is 2.71. The van der Waals surface area contributed by atoms with Crippen LogP contribution in [0.5, 0.6) is 0 Å². The topological polar surface area (TPSA) is 50.9 Å². The zero-order chi connectivity index (χ0) is 15.1. The number of hydrogen-bond donors (Lipinski definition) is 2. The average Bonchev–Trinajstić information content (AvgIpc) is 2.38. The molecule has 20 heavy (non-hydrogen) atoms. The van der Waals surface area contributed by atoms with Gasteiger partial charge in [0.25, 0.3) is 0 Å². The van der Waals surface area contributed by atoms with E-state index in [0.29, 0.717) is 24.3 Å². The summed E-state index contributed by atoms with van der Waals surface area (Å²) in [6.45, 7) is 12.9. The van der Waals surface area contributed by atoms with Crippen molar-refractivity contribution < 1.29 is 0 Å². The minimum atomic E-state index is 0.575. The van der Waals surface area contributed by atoms with Crippen LogP contribution in [0, 0.1) is 17.8 Å². The normalized spacial score (nSPS) is 11.7. The molecule has 0 aliphatic heterocycles. The smallest absolute Gasteiger partial charge is 0.126 e. The van der Waals surface area contributed by atoms with Gasteiger partial charge in [-0.15, -0.1) is 0 Å². The summed E-state index contributed by atoms with van der Waals surface area (Å²) in [6, 6.07) is 4.20. The third kappa shape index (κ3) is 5.12. The van der Waals surface area contributed by atoms with E-state index in [0.717, 1.165) is 36.5 Å². The minimum Gasteiger partial charge on any atom is -0.370 e. The van der Waals surface area contributed by atoms with Crippen LogP contribution in [0.25, 0.3) is 0 Å². The first-order valence-electron chi connectivity index (χ1n) is 7.91. The Morgan fingerprint density at radius 2 is 1.80 bits per heavy atom. The van der Waals surface area contributed by atoms with E-state index in [1.54, 1.807) is 0 Å². The highest BCUT2D eigenvalue weighted by Gasteiger charge is 2.17. The summed E-state index contributed by atoms with van der Waals surface area (Å²) in [4.78, 5) is 4.70. The lowest BCUT2D eigenvalue weighted by Gasteiger charge is -2.25. The second kappa shape index (κ2) is 8.25. The van der Waals surface area contributed by atoms with Gasteiger partial charge in [-0.25, -0.2) is 4.98 Å². The molecule has 0 saturated carbocycles. The van der Waals surface area contributed by atoms with Crippen molar-refractivity contribution in [1.29, 1.82) is 0 Å². The summed E-state index contributed by atoms with van der Waals surface area (Å²) < 4.78 is 0. The van der Waals surface area contributed by atoms with Crippen molar-refractivity contribution in [2.45, 2.75) is 54.0 Å². The van der Waals surface area contributed by atoms with Crippen molar-refractivity contribution >= 4 is 5.82 Å². The molecule has 1 heterocycles. The molecule has 0 atom stereocenters. The van der Waals surface area contributed by atoms with Crippen LogP contribution in [0.15, 0.2) is 12.1 Å². The number of anilines is 1. The van der Waals surface area contributed by atoms with Crippen molar-refractivity contribution in [2.24, 2.45) is 23.5 Å². The number of nitrogens with one attached hydrogen (secondary N) is 1. The van der Waals surface area contributed by atoms with E-state index in [1.165, 1.54) is 0 Å². The van der Waals surface area contributed by atoms with Gasteiger partial charge in [-0.1, -0.05) is 41.0 Å². The molecule has 1 rings (SSSR count). The highest BCUT2D eigenvalue weighted by molar-refractivity contribution is 5.40. The van der Waals surface area contributed by atoms with Crippen molar-refractivity contribution in [3.8, 4) is 0 Å². The third-order valence-electron chi connectivity index (χ3n) is 3.91. The van der Waals surface area contributed by atoms with Gasteiger partial charge in [-0.3, -0.25) is 0 Å². The van der Waals surface area contributed by atoms with E-state index in [9.17, 15) is 0 Å². The Hall–Kier alpha value is -1.09. The van der Waals surface area contributed by atoms with E-state index in [-0.39, 0.29) is 0 Å². The molecule has 0 fully saturated rings. The molecule has 3 nitrogen and oxygen atoms in total. The molecule has 0 aliphatic carbocycles. The Kier molecular flexibility index (Phi) is 7.00. The first-order valence-corrected chi connectivity index (χ1v) is 7.91. The number of hydrogen-bond acceptors (Lipinski definition) is 3. The molecule has 1 aromatic rings. The summed E-state index contributed by atoms with van der Waals surface area (Å²) >= 11 is 0. The van der Waals surface area contributed by atoms with Crippen molar-refractivity contribution in [1.82, 2.24) is 4.98 Å². The van der Waals surface area contributed by atoms with Crippen LogP contribution in [0.4, 0.5) is 5.82 Å². The largest absolute Gasteiger partial charge is 0.370 e. The Labute approximate surface area is 124 Å². The van der Waals surface area contributed by atoms with Gasteiger partial charge in [0.2, 0.25) is 0 Å². The molecule has 0 bridgehead atoms. The van der Waals surface area contributed by atoms with Crippen LogP contribution in [-0.4, -0.2) is 11.5 Å². The molecule has 0 saturated heterocycles. The highest BCUT2D eigenvalue weighted by Crippen LogP contribution is 2.21. The maximum Gasteiger partial charge on any atom is 0.126 e. The number of nitrogens with two attached hydrogens (primary N) is 1. The van der Waals surface area contributed by atoms with Gasteiger partial charge in [-0.2, -0.15) is 0 Å². The number of aryl methyl sites for hydroxylation is 1. The van der Waals surface area contributed by atoms with E-state index < -0.39 is 0 Å².